The Morgan fingerprint density at radius 1 is 0.857 bits per heavy atom. The minimum absolute atomic E-state index is 0.153. The summed E-state index contributed by atoms with van der Waals surface area (Å²) in [7, 11) is -2.10. The summed E-state index contributed by atoms with van der Waals surface area (Å²) >= 11 is 0. The number of methoxy groups -OCH3 is 1. The van der Waals surface area contributed by atoms with Gasteiger partial charge in [0, 0.05) is 43.9 Å². The standard InChI is InChI=1S/C25H30N4O5S/c1-4-33-21-10-11-24(23(16-21)34-5-2)35(30,31)29-14-12-28(13-15-29)25-17-22(26-18-27-25)19-6-8-20(32-3)9-7-19/h6-11,16-18H,4-5,12-15H2,1-3H3. The molecule has 1 saturated heterocycles. The maximum atomic E-state index is 13.4. The van der Waals surface area contributed by atoms with Crippen LogP contribution in [0.1, 0.15) is 13.8 Å². The van der Waals surface area contributed by atoms with Crippen LogP contribution < -0.4 is 19.1 Å². The van der Waals surface area contributed by atoms with Crippen molar-refractivity contribution in [2.45, 2.75) is 18.7 Å². The average molecular weight is 499 g/mol. The van der Waals surface area contributed by atoms with Gasteiger partial charge in [0.1, 0.15) is 34.3 Å². The van der Waals surface area contributed by atoms with Crippen LogP contribution in [0.5, 0.6) is 17.2 Å². The Kier molecular flexibility index (Phi) is 7.72. The molecule has 0 N–H and O–H groups in total. The van der Waals surface area contributed by atoms with Crippen molar-refractivity contribution in [3.8, 4) is 28.5 Å². The molecule has 186 valence electrons. The molecule has 0 amide bonds. The lowest BCUT2D eigenvalue weighted by Gasteiger charge is -2.35. The average Bonchev–Trinajstić information content (AvgIpc) is 2.89. The summed E-state index contributed by atoms with van der Waals surface area (Å²) in [5.74, 6) is 2.43. The lowest BCUT2D eigenvalue weighted by Crippen LogP contribution is -2.49. The van der Waals surface area contributed by atoms with E-state index in [9.17, 15) is 8.42 Å². The predicted octanol–water partition coefficient (Wildman–Crippen LogP) is 3.46. The second kappa shape index (κ2) is 10.9. The largest absolute Gasteiger partial charge is 0.497 e. The van der Waals surface area contributed by atoms with Crippen LogP contribution in [0.3, 0.4) is 0 Å². The fourth-order valence-electron chi connectivity index (χ4n) is 3.96. The Hall–Kier alpha value is -3.37. The Morgan fingerprint density at radius 3 is 2.20 bits per heavy atom. The van der Waals surface area contributed by atoms with Crippen molar-refractivity contribution in [2.75, 3.05) is 51.4 Å². The number of hydrogen-bond acceptors (Lipinski definition) is 8. The second-order valence-corrected chi connectivity index (χ2v) is 9.76. The highest BCUT2D eigenvalue weighted by Gasteiger charge is 2.31. The van der Waals surface area contributed by atoms with Gasteiger partial charge in [-0.1, -0.05) is 0 Å². The number of benzene rings is 2. The lowest BCUT2D eigenvalue weighted by atomic mass is 10.1. The van der Waals surface area contributed by atoms with Crippen LogP contribution in [-0.2, 0) is 10.0 Å². The minimum atomic E-state index is -3.73. The molecule has 0 spiro atoms. The van der Waals surface area contributed by atoms with Crippen LogP contribution in [0.25, 0.3) is 11.3 Å². The van der Waals surface area contributed by atoms with Gasteiger partial charge < -0.3 is 19.1 Å². The Labute approximate surface area is 206 Å². The van der Waals surface area contributed by atoms with Crippen molar-refractivity contribution in [3.05, 3.63) is 54.9 Å². The van der Waals surface area contributed by atoms with E-state index in [1.54, 1.807) is 25.3 Å². The SMILES string of the molecule is CCOc1ccc(S(=O)(=O)N2CCN(c3cc(-c4ccc(OC)cc4)ncn3)CC2)c(OCC)c1. The first kappa shape index (κ1) is 24.7. The van der Waals surface area contributed by atoms with Crippen molar-refractivity contribution in [2.24, 2.45) is 0 Å². The normalized spacial score (nSPS) is 14.5. The maximum Gasteiger partial charge on any atom is 0.246 e. The Balaban J connectivity index is 1.49. The summed E-state index contributed by atoms with van der Waals surface area (Å²) in [6.45, 7) is 6.25. The third-order valence-electron chi connectivity index (χ3n) is 5.74. The van der Waals surface area contributed by atoms with Gasteiger partial charge in [0.05, 0.1) is 26.0 Å². The second-order valence-electron chi connectivity index (χ2n) is 7.86. The van der Waals surface area contributed by atoms with E-state index in [0.717, 1.165) is 22.8 Å². The van der Waals surface area contributed by atoms with Crippen LogP contribution in [0.2, 0.25) is 0 Å². The van der Waals surface area contributed by atoms with Gasteiger partial charge in [-0.2, -0.15) is 4.31 Å². The van der Waals surface area contributed by atoms with Gasteiger partial charge in [0.15, 0.2) is 0 Å². The first-order chi connectivity index (χ1) is 17.0. The van der Waals surface area contributed by atoms with Crippen molar-refractivity contribution in [1.29, 1.82) is 0 Å². The maximum absolute atomic E-state index is 13.4. The van der Waals surface area contributed by atoms with Crippen LogP contribution in [0.15, 0.2) is 59.8 Å². The summed E-state index contributed by atoms with van der Waals surface area (Å²) in [5, 5.41) is 0. The highest BCUT2D eigenvalue weighted by atomic mass is 32.2. The third kappa shape index (κ3) is 5.49. The van der Waals surface area contributed by atoms with E-state index in [4.69, 9.17) is 14.2 Å². The van der Waals surface area contributed by atoms with Crippen LogP contribution >= 0.6 is 0 Å². The summed E-state index contributed by atoms with van der Waals surface area (Å²) in [6.07, 6.45) is 1.53. The number of rotatable bonds is 9. The van der Waals surface area contributed by atoms with E-state index in [1.807, 2.05) is 44.2 Å². The van der Waals surface area contributed by atoms with Gasteiger partial charge in [0.2, 0.25) is 10.0 Å². The molecule has 1 aliphatic heterocycles. The molecule has 10 heteroatoms. The quantitative estimate of drug-likeness (QED) is 0.443. The molecule has 35 heavy (non-hydrogen) atoms. The minimum Gasteiger partial charge on any atom is -0.497 e. The van der Waals surface area contributed by atoms with E-state index < -0.39 is 10.0 Å². The number of piperazine rings is 1. The molecule has 0 atom stereocenters. The number of hydrogen-bond donors (Lipinski definition) is 0. The molecule has 1 aromatic heterocycles. The molecule has 3 aromatic rings. The molecule has 0 aliphatic carbocycles. The molecule has 4 rings (SSSR count). The molecule has 0 bridgehead atoms. The molecule has 2 heterocycles. The Bertz CT molecular complexity index is 1240. The lowest BCUT2D eigenvalue weighted by molar-refractivity contribution is 0.314. The van der Waals surface area contributed by atoms with Crippen molar-refractivity contribution >= 4 is 15.8 Å². The van der Waals surface area contributed by atoms with Gasteiger partial charge in [-0.3, -0.25) is 0 Å². The summed E-state index contributed by atoms with van der Waals surface area (Å²) in [5.41, 5.74) is 1.75. The van der Waals surface area contributed by atoms with Crippen LogP contribution in [-0.4, -0.2) is 69.2 Å². The molecule has 0 radical (unpaired) electrons. The highest BCUT2D eigenvalue weighted by molar-refractivity contribution is 7.89. The number of aromatic nitrogens is 2. The smallest absolute Gasteiger partial charge is 0.246 e. The molecular weight excluding hydrogens is 468 g/mol. The van der Waals surface area contributed by atoms with E-state index in [1.165, 1.54) is 10.6 Å². The zero-order valence-corrected chi connectivity index (χ0v) is 21.0. The predicted molar refractivity (Wildman–Crippen MR) is 134 cm³/mol. The van der Waals surface area contributed by atoms with Crippen molar-refractivity contribution in [1.82, 2.24) is 14.3 Å². The number of nitrogens with zero attached hydrogens (tertiary/aromatic N) is 4. The molecule has 9 nitrogen and oxygen atoms in total. The molecule has 0 saturated carbocycles. The Morgan fingerprint density at radius 2 is 1.54 bits per heavy atom. The van der Waals surface area contributed by atoms with E-state index in [0.29, 0.717) is 50.9 Å². The first-order valence-corrected chi connectivity index (χ1v) is 13.0. The highest BCUT2D eigenvalue weighted by Crippen LogP contribution is 2.32. The third-order valence-corrected chi connectivity index (χ3v) is 7.68. The van der Waals surface area contributed by atoms with Gasteiger partial charge >= 0.3 is 0 Å². The van der Waals surface area contributed by atoms with E-state index >= 15 is 0 Å². The van der Waals surface area contributed by atoms with Crippen molar-refractivity contribution < 1.29 is 22.6 Å². The summed E-state index contributed by atoms with van der Waals surface area (Å²) < 4.78 is 44.7. The topological polar surface area (TPSA) is 94.1 Å². The van der Waals surface area contributed by atoms with Gasteiger partial charge in [-0.15, -0.1) is 0 Å². The molecular formula is C25H30N4O5S. The molecule has 0 unspecified atom stereocenters. The molecule has 2 aromatic carbocycles. The van der Waals surface area contributed by atoms with E-state index in [-0.39, 0.29) is 4.90 Å². The van der Waals surface area contributed by atoms with Crippen LogP contribution in [0.4, 0.5) is 5.82 Å². The molecule has 1 aliphatic rings. The van der Waals surface area contributed by atoms with Gasteiger partial charge in [-0.05, 0) is 50.2 Å². The fraction of sp³-hybridized carbons (Fsp3) is 0.360. The van der Waals surface area contributed by atoms with E-state index in [2.05, 4.69) is 14.9 Å². The number of anilines is 1. The monoisotopic (exact) mass is 498 g/mol. The molecule has 1 fully saturated rings. The number of sulfonamides is 1. The van der Waals surface area contributed by atoms with Gasteiger partial charge in [-0.25, -0.2) is 18.4 Å². The number of ether oxygens (including phenoxy) is 3. The zero-order chi connectivity index (χ0) is 24.8. The van der Waals surface area contributed by atoms with Crippen molar-refractivity contribution in [3.63, 3.8) is 0 Å². The summed E-state index contributed by atoms with van der Waals surface area (Å²) in [4.78, 5) is 11.0. The van der Waals surface area contributed by atoms with Crippen LogP contribution in [0, 0.1) is 0 Å². The summed E-state index contributed by atoms with van der Waals surface area (Å²) in [6, 6.07) is 14.4. The zero-order valence-electron chi connectivity index (χ0n) is 20.2. The first-order valence-electron chi connectivity index (χ1n) is 11.6. The fourth-order valence-corrected chi connectivity index (χ4v) is 5.50. The van der Waals surface area contributed by atoms with Gasteiger partial charge in [0.25, 0.3) is 0 Å².